The predicted octanol–water partition coefficient (Wildman–Crippen LogP) is 2.29. The Balaban J connectivity index is 2.08. The SMILES string of the molecule is CC(C)(O)C(F)CNC(=O)c1cnc(Cl)cc1N[C@H]1CCC[C@H](O)C1. The molecule has 1 heterocycles. The molecule has 0 spiro atoms. The van der Waals surface area contributed by atoms with E-state index in [1.54, 1.807) is 6.07 Å². The van der Waals surface area contributed by atoms with Crippen molar-refractivity contribution in [2.45, 2.75) is 63.4 Å². The molecule has 1 aromatic rings. The highest BCUT2D eigenvalue weighted by Crippen LogP contribution is 2.25. The Morgan fingerprint density at radius 3 is 2.88 bits per heavy atom. The monoisotopic (exact) mass is 373 g/mol. The van der Waals surface area contributed by atoms with Crippen LogP contribution in [-0.4, -0.2) is 51.6 Å². The number of nitrogens with one attached hydrogen (secondary N) is 2. The number of aliphatic hydroxyl groups excluding tert-OH is 1. The van der Waals surface area contributed by atoms with Gasteiger partial charge in [-0.2, -0.15) is 0 Å². The van der Waals surface area contributed by atoms with E-state index >= 15 is 0 Å². The molecule has 1 saturated carbocycles. The van der Waals surface area contributed by atoms with E-state index in [2.05, 4.69) is 15.6 Å². The summed E-state index contributed by atoms with van der Waals surface area (Å²) in [6.07, 6.45) is 2.51. The Hall–Kier alpha value is -1.44. The molecule has 1 aromatic heterocycles. The number of aromatic nitrogens is 1. The fourth-order valence-electron chi connectivity index (χ4n) is 2.77. The summed E-state index contributed by atoms with van der Waals surface area (Å²) in [6.45, 7) is 2.37. The number of nitrogens with zero attached hydrogens (tertiary/aromatic N) is 1. The molecule has 25 heavy (non-hydrogen) atoms. The van der Waals surface area contributed by atoms with Gasteiger partial charge in [0.2, 0.25) is 0 Å². The standard InChI is InChI=1S/C17H25ClFN3O3/c1-17(2,25)14(19)9-21-16(24)12-8-20-15(18)7-13(12)22-10-4-3-5-11(23)6-10/h7-8,10-11,14,23,25H,3-6,9H2,1-2H3,(H,20,22)(H,21,24)/t10-,11-,14?/m0/s1. The second kappa shape index (κ2) is 8.29. The molecule has 1 aliphatic rings. The van der Waals surface area contributed by atoms with Crippen LogP contribution in [-0.2, 0) is 0 Å². The molecule has 8 heteroatoms. The number of carbonyl (C=O) groups is 1. The number of alkyl halides is 1. The first-order chi connectivity index (χ1) is 11.7. The first kappa shape index (κ1) is 19.9. The molecule has 0 aliphatic heterocycles. The van der Waals surface area contributed by atoms with Crippen molar-refractivity contribution in [1.29, 1.82) is 0 Å². The van der Waals surface area contributed by atoms with E-state index in [1.807, 2.05) is 0 Å². The Bertz CT molecular complexity index is 609. The van der Waals surface area contributed by atoms with Crippen LogP contribution in [0.2, 0.25) is 5.15 Å². The molecule has 4 N–H and O–H groups in total. The normalized spacial score (nSPS) is 22.3. The maximum absolute atomic E-state index is 13.8. The lowest BCUT2D eigenvalue weighted by Gasteiger charge is -2.28. The average Bonchev–Trinajstić information content (AvgIpc) is 2.51. The van der Waals surface area contributed by atoms with Crippen LogP contribution in [0.15, 0.2) is 12.3 Å². The number of halogens is 2. The first-order valence-corrected chi connectivity index (χ1v) is 8.79. The van der Waals surface area contributed by atoms with Crippen LogP contribution < -0.4 is 10.6 Å². The number of amides is 1. The molecule has 0 bridgehead atoms. The van der Waals surface area contributed by atoms with E-state index in [4.69, 9.17) is 11.6 Å². The van der Waals surface area contributed by atoms with Gasteiger partial charge in [-0.05, 0) is 45.6 Å². The molecule has 2 rings (SSSR count). The molecule has 1 amide bonds. The molecule has 0 saturated heterocycles. The molecule has 140 valence electrons. The topological polar surface area (TPSA) is 94.5 Å². The summed E-state index contributed by atoms with van der Waals surface area (Å²) in [5.74, 6) is -0.505. The molecule has 3 atom stereocenters. The zero-order valence-electron chi connectivity index (χ0n) is 14.4. The number of aliphatic hydroxyl groups is 2. The number of carbonyl (C=O) groups excluding carboxylic acids is 1. The fraction of sp³-hybridized carbons (Fsp3) is 0.647. The fourth-order valence-corrected chi connectivity index (χ4v) is 2.93. The minimum absolute atomic E-state index is 0.0269. The Morgan fingerprint density at radius 1 is 1.52 bits per heavy atom. The van der Waals surface area contributed by atoms with E-state index in [0.29, 0.717) is 12.1 Å². The Morgan fingerprint density at radius 2 is 2.24 bits per heavy atom. The van der Waals surface area contributed by atoms with Crippen LogP contribution in [0, 0.1) is 0 Å². The molecule has 1 unspecified atom stereocenters. The van der Waals surface area contributed by atoms with Gasteiger partial charge in [-0.3, -0.25) is 4.79 Å². The highest BCUT2D eigenvalue weighted by atomic mass is 35.5. The van der Waals surface area contributed by atoms with Gasteiger partial charge in [-0.1, -0.05) is 11.6 Å². The lowest BCUT2D eigenvalue weighted by molar-refractivity contribution is -0.00177. The smallest absolute Gasteiger partial charge is 0.255 e. The Kier molecular flexibility index (Phi) is 6.59. The third kappa shape index (κ3) is 5.80. The van der Waals surface area contributed by atoms with Crippen molar-refractivity contribution < 1.29 is 19.4 Å². The first-order valence-electron chi connectivity index (χ1n) is 8.41. The van der Waals surface area contributed by atoms with Gasteiger partial charge in [-0.25, -0.2) is 9.37 Å². The van der Waals surface area contributed by atoms with Crippen molar-refractivity contribution >= 4 is 23.2 Å². The van der Waals surface area contributed by atoms with Crippen molar-refractivity contribution in [3.05, 3.63) is 23.0 Å². The number of anilines is 1. The summed E-state index contributed by atoms with van der Waals surface area (Å²) in [7, 11) is 0. The predicted molar refractivity (Wildman–Crippen MR) is 94.7 cm³/mol. The summed E-state index contributed by atoms with van der Waals surface area (Å²) in [5.41, 5.74) is -0.798. The number of hydrogen-bond donors (Lipinski definition) is 4. The van der Waals surface area contributed by atoms with Gasteiger partial charge in [0.15, 0.2) is 0 Å². The maximum Gasteiger partial charge on any atom is 0.255 e. The van der Waals surface area contributed by atoms with Gasteiger partial charge in [0.25, 0.3) is 5.91 Å². The number of pyridine rings is 1. The maximum atomic E-state index is 13.8. The zero-order chi connectivity index (χ0) is 18.6. The third-order valence-electron chi connectivity index (χ3n) is 4.33. The van der Waals surface area contributed by atoms with E-state index in [9.17, 15) is 19.4 Å². The molecule has 0 aromatic carbocycles. The summed E-state index contributed by atoms with van der Waals surface area (Å²) in [5, 5.41) is 25.3. The van der Waals surface area contributed by atoms with Crippen LogP contribution in [0.1, 0.15) is 49.9 Å². The van der Waals surface area contributed by atoms with Crippen molar-refractivity contribution in [2.24, 2.45) is 0 Å². The van der Waals surface area contributed by atoms with Crippen LogP contribution in [0.5, 0.6) is 0 Å². The minimum atomic E-state index is -1.60. The van der Waals surface area contributed by atoms with Gasteiger partial charge < -0.3 is 20.8 Å². The third-order valence-corrected chi connectivity index (χ3v) is 4.54. The highest BCUT2D eigenvalue weighted by molar-refractivity contribution is 6.29. The van der Waals surface area contributed by atoms with Gasteiger partial charge in [0, 0.05) is 12.2 Å². The van der Waals surface area contributed by atoms with Crippen molar-refractivity contribution in [3.63, 3.8) is 0 Å². The van der Waals surface area contributed by atoms with Gasteiger partial charge in [-0.15, -0.1) is 0 Å². The van der Waals surface area contributed by atoms with Gasteiger partial charge >= 0.3 is 0 Å². The van der Waals surface area contributed by atoms with Crippen LogP contribution in [0.25, 0.3) is 0 Å². The number of rotatable bonds is 6. The van der Waals surface area contributed by atoms with E-state index < -0.39 is 17.7 Å². The van der Waals surface area contributed by atoms with Gasteiger partial charge in [0.1, 0.15) is 11.3 Å². The molecule has 0 radical (unpaired) electrons. The van der Waals surface area contributed by atoms with Crippen molar-refractivity contribution in [2.75, 3.05) is 11.9 Å². The number of hydrogen-bond acceptors (Lipinski definition) is 5. The van der Waals surface area contributed by atoms with Gasteiger partial charge in [0.05, 0.1) is 29.5 Å². The van der Waals surface area contributed by atoms with E-state index in [0.717, 1.165) is 19.3 Å². The summed E-state index contributed by atoms with van der Waals surface area (Å²) in [6, 6.07) is 1.57. The highest BCUT2D eigenvalue weighted by Gasteiger charge is 2.27. The van der Waals surface area contributed by atoms with Crippen LogP contribution in [0.3, 0.4) is 0 Å². The van der Waals surface area contributed by atoms with E-state index in [1.165, 1.54) is 20.0 Å². The molecule has 1 fully saturated rings. The second-order valence-electron chi connectivity index (χ2n) is 7.05. The largest absolute Gasteiger partial charge is 0.393 e. The van der Waals surface area contributed by atoms with Crippen LogP contribution in [0.4, 0.5) is 10.1 Å². The molecular formula is C17H25ClFN3O3. The zero-order valence-corrected chi connectivity index (χ0v) is 15.2. The minimum Gasteiger partial charge on any atom is -0.393 e. The molecular weight excluding hydrogens is 349 g/mol. The second-order valence-corrected chi connectivity index (χ2v) is 7.43. The van der Waals surface area contributed by atoms with Crippen LogP contribution >= 0.6 is 11.6 Å². The Labute approximate surface area is 151 Å². The summed E-state index contributed by atoms with van der Waals surface area (Å²) >= 11 is 5.93. The van der Waals surface area contributed by atoms with E-state index in [-0.39, 0.29) is 29.4 Å². The molecule has 6 nitrogen and oxygen atoms in total. The van der Waals surface area contributed by atoms with Crippen molar-refractivity contribution in [1.82, 2.24) is 10.3 Å². The quantitative estimate of drug-likeness (QED) is 0.574. The van der Waals surface area contributed by atoms with Crippen molar-refractivity contribution in [3.8, 4) is 0 Å². The molecule has 1 aliphatic carbocycles. The lowest BCUT2D eigenvalue weighted by Crippen LogP contribution is -2.42. The lowest BCUT2D eigenvalue weighted by atomic mass is 9.92. The average molecular weight is 374 g/mol. The summed E-state index contributed by atoms with van der Waals surface area (Å²) < 4.78 is 13.8. The summed E-state index contributed by atoms with van der Waals surface area (Å²) in [4.78, 5) is 16.3.